The highest BCUT2D eigenvalue weighted by molar-refractivity contribution is 8.18. The van der Waals surface area contributed by atoms with Gasteiger partial charge in [0.2, 0.25) is 5.75 Å². The minimum absolute atomic E-state index is 0.0538. The molecule has 0 spiro atoms. The number of thioether (sulfide) groups is 1. The second-order valence-corrected chi connectivity index (χ2v) is 13.2. The first kappa shape index (κ1) is 31.5. The highest BCUT2D eigenvalue weighted by Crippen LogP contribution is 2.40. The number of rotatable bonds is 8. The molecule has 0 N–H and O–H groups in total. The molecule has 240 valence electrons. The van der Waals surface area contributed by atoms with Crippen LogP contribution < -0.4 is 4.74 Å². The summed E-state index contributed by atoms with van der Waals surface area (Å²) in [6.07, 6.45) is 13.4. The van der Waals surface area contributed by atoms with Gasteiger partial charge in [-0.15, -0.1) is 0 Å². The Kier molecular flexibility index (Phi) is 9.25. The first-order valence-corrected chi connectivity index (χ1v) is 16.7. The van der Waals surface area contributed by atoms with E-state index in [1.807, 2.05) is 37.0 Å². The minimum Gasteiger partial charge on any atom is -0.450 e. The molecule has 3 fully saturated rings. The Balaban J connectivity index is 1.25. The van der Waals surface area contributed by atoms with Crippen molar-refractivity contribution in [3.05, 3.63) is 90.6 Å². The van der Waals surface area contributed by atoms with Gasteiger partial charge >= 0.3 is 5.69 Å². The van der Waals surface area contributed by atoms with E-state index in [1.165, 1.54) is 49.6 Å². The summed E-state index contributed by atoms with van der Waals surface area (Å²) in [7, 11) is 0. The fourth-order valence-corrected chi connectivity index (χ4v) is 7.82. The Morgan fingerprint density at radius 1 is 0.891 bits per heavy atom. The lowest BCUT2D eigenvalue weighted by atomic mass is 9.94. The maximum absolute atomic E-state index is 13.9. The fraction of sp³-hybridized carbons (Fsp3) is 0.412. The summed E-state index contributed by atoms with van der Waals surface area (Å²) in [5.41, 5.74) is 2.91. The Labute approximate surface area is 271 Å². The minimum atomic E-state index is -0.703. The van der Waals surface area contributed by atoms with Gasteiger partial charge in [-0.1, -0.05) is 38.5 Å². The number of amidine groups is 1. The van der Waals surface area contributed by atoms with Gasteiger partial charge in [0, 0.05) is 29.2 Å². The largest absolute Gasteiger partial charge is 0.450 e. The van der Waals surface area contributed by atoms with Gasteiger partial charge in [-0.2, -0.15) is 0 Å². The molecule has 0 radical (unpaired) electrons. The number of nitro groups is 2. The highest BCUT2D eigenvalue weighted by Gasteiger charge is 2.39. The Morgan fingerprint density at radius 3 is 2.22 bits per heavy atom. The zero-order chi connectivity index (χ0) is 32.4. The van der Waals surface area contributed by atoms with Gasteiger partial charge in [0.05, 0.1) is 26.9 Å². The summed E-state index contributed by atoms with van der Waals surface area (Å²) >= 11 is 1.51. The van der Waals surface area contributed by atoms with Gasteiger partial charge < -0.3 is 9.30 Å². The molecule has 1 aromatic heterocycles. The van der Waals surface area contributed by atoms with Crippen LogP contribution in [0.5, 0.6) is 11.5 Å². The maximum Gasteiger partial charge on any atom is 0.318 e. The third-order valence-corrected chi connectivity index (χ3v) is 10.1. The van der Waals surface area contributed by atoms with Gasteiger partial charge in [0.15, 0.2) is 5.17 Å². The zero-order valence-electron chi connectivity index (χ0n) is 26.0. The van der Waals surface area contributed by atoms with E-state index in [1.54, 1.807) is 12.1 Å². The summed E-state index contributed by atoms with van der Waals surface area (Å²) in [5, 5.41) is 23.5. The molecule has 11 nitrogen and oxygen atoms in total. The van der Waals surface area contributed by atoms with E-state index in [2.05, 4.69) is 10.6 Å². The predicted molar refractivity (Wildman–Crippen MR) is 179 cm³/mol. The topological polar surface area (TPSA) is 133 Å². The van der Waals surface area contributed by atoms with E-state index in [0.29, 0.717) is 10.7 Å². The van der Waals surface area contributed by atoms with Crippen molar-refractivity contribution in [2.24, 2.45) is 4.99 Å². The summed E-state index contributed by atoms with van der Waals surface area (Å²) in [4.78, 5) is 42.9. The summed E-state index contributed by atoms with van der Waals surface area (Å²) in [6, 6.07) is 13.0. The molecule has 1 amide bonds. The van der Waals surface area contributed by atoms with E-state index in [-0.39, 0.29) is 29.4 Å². The van der Waals surface area contributed by atoms with Gasteiger partial charge in [-0.25, -0.2) is 0 Å². The van der Waals surface area contributed by atoms with Crippen LogP contribution in [0.15, 0.2) is 58.4 Å². The lowest BCUT2D eigenvalue weighted by Crippen LogP contribution is -2.41. The smallest absolute Gasteiger partial charge is 0.318 e. The van der Waals surface area contributed by atoms with Crippen molar-refractivity contribution in [3.63, 3.8) is 0 Å². The molecule has 46 heavy (non-hydrogen) atoms. The number of aryl methyl sites for hydroxylation is 1. The number of aliphatic imine (C=N–C) groups is 1. The van der Waals surface area contributed by atoms with Gasteiger partial charge in [0.25, 0.3) is 11.6 Å². The number of nitro benzene ring substituents is 2. The third-order valence-electron chi connectivity index (χ3n) is 9.07. The number of carbonyl (C=O) groups is 1. The molecule has 0 bridgehead atoms. The predicted octanol–water partition coefficient (Wildman–Crippen LogP) is 8.64. The Morgan fingerprint density at radius 2 is 1.57 bits per heavy atom. The molecule has 1 aliphatic heterocycles. The quantitative estimate of drug-likeness (QED) is 0.136. The molecule has 0 unspecified atom stereocenters. The molecular formula is C34H37N5O6S. The average molecular weight is 644 g/mol. The SMILES string of the molecule is Cc1cc(/C=C2\SC(=NC3CCCCC3)N(C3CCCCC3)C2=O)c(C)n1-c1ccc(Oc2ccc([N+](=O)[O-])cc2[N+](=O)[O-])cc1. The average Bonchev–Trinajstić information content (AvgIpc) is 3.51. The van der Waals surface area contributed by atoms with Gasteiger partial charge in [-0.3, -0.25) is 34.9 Å². The van der Waals surface area contributed by atoms with Crippen molar-refractivity contribution in [1.29, 1.82) is 0 Å². The number of amides is 1. The van der Waals surface area contributed by atoms with Crippen LogP contribution in [-0.2, 0) is 4.79 Å². The Bertz CT molecular complexity index is 1720. The van der Waals surface area contributed by atoms with Crippen LogP contribution >= 0.6 is 11.8 Å². The van der Waals surface area contributed by atoms with E-state index in [0.717, 1.165) is 72.4 Å². The highest BCUT2D eigenvalue weighted by atomic mass is 32.2. The molecule has 12 heteroatoms. The molecule has 0 atom stereocenters. The van der Waals surface area contributed by atoms with Crippen molar-refractivity contribution >= 4 is 40.3 Å². The lowest BCUT2D eigenvalue weighted by molar-refractivity contribution is -0.394. The van der Waals surface area contributed by atoms with Crippen molar-refractivity contribution in [2.75, 3.05) is 0 Å². The standard InChI is InChI=1S/C34H37N5O6S/c1-22-19-24(20-32-33(40)37(26-11-7-4-8-12-26)34(46-32)35-25-9-5-3-6-10-25)23(2)36(22)27-13-16-29(17-14-27)45-31-18-15-28(38(41)42)21-30(31)39(43)44/h13-21,25-26H,3-12H2,1-2H3/b32-20-,35-34?. The zero-order valence-corrected chi connectivity index (χ0v) is 26.8. The van der Waals surface area contributed by atoms with Crippen LogP contribution in [0, 0.1) is 34.1 Å². The van der Waals surface area contributed by atoms with Crippen LogP contribution in [0.4, 0.5) is 11.4 Å². The number of aromatic nitrogens is 1. The maximum atomic E-state index is 13.9. The monoisotopic (exact) mass is 643 g/mol. The van der Waals surface area contributed by atoms with Gasteiger partial charge in [0.1, 0.15) is 5.75 Å². The molecule has 2 saturated carbocycles. The van der Waals surface area contributed by atoms with E-state index in [4.69, 9.17) is 9.73 Å². The van der Waals surface area contributed by atoms with Crippen molar-refractivity contribution in [2.45, 2.75) is 90.1 Å². The third kappa shape index (κ3) is 6.57. The van der Waals surface area contributed by atoms with Crippen molar-refractivity contribution < 1.29 is 19.4 Å². The molecule has 2 aliphatic carbocycles. The summed E-state index contributed by atoms with van der Waals surface area (Å²) in [6.45, 7) is 4.03. The lowest BCUT2D eigenvalue weighted by Gasteiger charge is -2.31. The van der Waals surface area contributed by atoms with Crippen LogP contribution in [0.2, 0.25) is 0 Å². The van der Waals surface area contributed by atoms with Crippen molar-refractivity contribution in [1.82, 2.24) is 9.47 Å². The molecular weight excluding hydrogens is 606 g/mol. The summed E-state index contributed by atoms with van der Waals surface area (Å²) < 4.78 is 7.84. The molecule has 2 heterocycles. The van der Waals surface area contributed by atoms with Gasteiger partial charge in [-0.05, 0) is 99.3 Å². The number of hydrogen-bond acceptors (Lipinski definition) is 8. The number of ether oxygens (including phenoxy) is 1. The van der Waals surface area contributed by atoms with E-state index < -0.39 is 15.5 Å². The molecule has 6 rings (SSSR count). The van der Waals surface area contributed by atoms with Crippen LogP contribution in [0.25, 0.3) is 11.8 Å². The van der Waals surface area contributed by atoms with Crippen molar-refractivity contribution in [3.8, 4) is 17.2 Å². The number of non-ortho nitro benzene ring substituents is 1. The first-order valence-electron chi connectivity index (χ1n) is 15.9. The number of carbonyl (C=O) groups excluding carboxylic acids is 1. The second kappa shape index (κ2) is 13.5. The van der Waals surface area contributed by atoms with Crippen LogP contribution in [0.3, 0.4) is 0 Å². The molecule has 3 aliphatic rings. The first-order chi connectivity index (χ1) is 22.2. The number of benzene rings is 2. The summed E-state index contributed by atoms with van der Waals surface area (Å²) in [5.74, 6) is 0.321. The van der Waals surface area contributed by atoms with Crippen LogP contribution in [0.1, 0.15) is 81.2 Å². The fourth-order valence-electron chi connectivity index (χ4n) is 6.71. The number of hydrogen-bond donors (Lipinski definition) is 0. The number of nitrogens with zero attached hydrogens (tertiary/aromatic N) is 5. The molecule has 1 saturated heterocycles. The van der Waals surface area contributed by atoms with Crippen LogP contribution in [-0.4, -0.2) is 42.5 Å². The van der Waals surface area contributed by atoms with E-state index >= 15 is 0 Å². The molecule has 3 aromatic rings. The Hall–Kier alpha value is -4.45. The second-order valence-electron chi connectivity index (χ2n) is 12.2. The van der Waals surface area contributed by atoms with E-state index in [9.17, 15) is 25.0 Å². The molecule has 2 aromatic carbocycles. The normalized spacial score (nSPS) is 19.7.